The summed E-state index contributed by atoms with van der Waals surface area (Å²) in [4.78, 5) is 14.1. The van der Waals surface area contributed by atoms with E-state index in [1.807, 2.05) is 30.3 Å². The molecule has 0 atom stereocenters. The van der Waals surface area contributed by atoms with Crippen molar-refractivity contribution in [2.24, 2.45) is 0 Å². The fourth-order valence-corrected chi connectivity index (χ4v) is 2.57. The van der Waals surface area contributed by atoms with Gasteiger partial charge in [0, 0.05) is 19.5 Å². The quantitative estimate of drug-likeness (QED) is 0.812. The number of hydrogen-bond donors (Lipinski definition) is 1. The lowest BCUT2D eigenvalue weighted by atomic mass is 10.1. The Kier molecular flexibility index (Phi) is 6.82. The van der Waals surface area contributed by atoms with Crippen molar-refractivity contribution in [3.63, 3.8) is 0 Å². The molecule has 0 aliphatic carbocycles. The van der Waals surface area contributed by atoms with Crippen molar-refractivity contribution < 1.29 is 9.90 Å². The van der Waals surface area contributed by atoms with Gasteiger partial charge in [0.2, 0.25) is 5.91 Å². The molecule has 0 aliphatic rings. The molecular weight excluding hydrogens is 286 g/mol. The summed E-state index contributed by atoms with van der Waals surface area (Å²) in [6.07, 6.45) is 2.25. The first-order valence-electron chi connectivity index (χ1n) is 8.17. The molecule has 0 aliphatic heterocycles. The van der Waals surface area contributed by atoms with Gasteiger partial charge in [0.25, 0.3) is 0 Å². The lowest BCUT2D eigenvalue weighted by Gasteiger charge is -2.22. The standard InChI is InChI=1S/C20H25NO2/c1-17-10-12-18(13-11-17)8-5-9-20(23)21(14-15-22)16-19-6-3-2-4-7-19/h2-4,6-7,10-13,22H,5,8-9,14-16H2,1H3. The minimum atomic E-state index is -0.00344. The summed E-state index contributed by atoms with van der Waals surface area (Å²) in [6, 6.07) is 18.3. The van der Waals surface area contributed by atoms with Crippen LogP contribution in [0, 0.1) is 6.92 Å². The number of benzene rings is 2. The minimum Gasteiger partial charge on any atom is -0.395 e. The Bertz CT molecular complexity index is 593. The second kappa shape index (κ2) is 9.11. The molecule has 3 heteroatoms. The summed E-state index contributed by atoms with van der Waals surface area (Å²) < 4.78 is 0. The lowest BCUT2D eigenvalue weighted by molar-refractivity contribution is -0.132. The van der Waals surface area contributed by atoms with Gasteiger partial charge < -0.3 is 10.0 Å². The first-order valence-corrected chi connectivity index (χ1v) is 8.17. The summed E-state index contributed by atoms with van der Waals surface area (Å²) in [7, 11) is 0. The predicted molar refractivity (Wildman–Crippen MR) is 93.1 cm³/mol. The Balaban J connectivity index is 1.84. The van der Waals surface area contributed by atoms with Gasteiger partial charge in [-0.15, -0.1) is 0 Å². The van der Waals surface area contributed by atoms with E-state index in [0.717, 1.165) is 18.4 Å². The number of rotatable bonds is 8. The van der Waals surface area contributed by atoms with Crippen molar-refractivity contribution in [1.29, 1.82) is 0 Å². The average Bonchev–Trinajstić information content (AvgIpc) is 2.57. The van der Waals surface area contributed by atoms with Gasteiger partial charge in [-0.3, -0.25) is 4.79 Å². The number of hydrogen-bond acceptors (Lipinski definition) is 2. The molecule has 2 aromatic rings. The largest absolute Gasteiger partial charge is 0.395 e. The maximum Gasteiger partial charge on any atom is 0.222 e. The molecule has 0 unspecified atom stereocenters. The molecule has 0 heterocycles. The number of nitrogens with zero attached hydrogens (tertiary/aromatic N) is 1. The van der Waals surface area contributed by atoms with E-state index in [-0.39, 0.29) is 12.5 Å². The third kappa shape index (κ3) is 5.87. The van der Waals surface area contributed by atoms with E-state index in [1.165, 1.54) is 11.1 Å². The molecular formula is C20H25NO2. The smallest absolute Gasteiger partial charge is 0.222 e. The van der Waals surface area contributed by atoms with Crippen LogP contribution in [-0.2, 0) is 17.8 Å². The summed E-state index contributed by atoms with van der Waals surface area (Å²) in [6.45, 7) is 3.02. The van der Waals surface area contributed by atoms with E-state index in [1.54, 1.807) is 4.90 Å². The van der Waals surface area contributed by atoms with E-state index in [2.05, 4.69) is 31.2 Å². The van der Waals surface area contributed by atoms with Gasteiger partial charge in [-0.2, -0.15) is 0 Å². The van der Waals surface area contributed by atoms with Crippen molar-refractivity contribution >= 4 is 5.91 Å². The third-order valence-electron chi connectivity index (χ3n) is 3.92. The van der Waals surface area contributed by atoms with Crippen molar-refractivity contribution in [2.45, 2.75) is 32.7 Å². The molecule has 0 bridgehead atoms. The monoisotopic (exact) mass is 311 g/mol. The Morgan fingerprint density at radius 2 is 1.70 bits per heavy atom. The van der Waals surface area contributed by atoms with Crippen LogP contribution in [0.3, 0.4) is 0 Å². The van der Waals surface area contributed by atoms with E-state index >= 15 is 0 Å². The highest BCUT2D eigenvalue weighted by molar-refractivity contribution is 5.76. The molecule has 0 aromatic heterocycles. The Morgan fingerprint density at radius 1 is 1.00 bits per heavy atom. The molecule has 0 saturated heterocycles. The summed E-state index contributed by atoms with van der Waals surface area (Å²) in [5.41, 5.74) is 3.61. The zero-order valence-electron chi connectivity index (χ0n) is 13.7. The van der Waals surface area contributed by atoms with Gasteiger partial charge in [-0.25, -0.2) is 0 Å². The van der Waals surface area contributed by atoms with Crippen molar-refractivity contribution in [3.8, 4) is 0 Å². The second-order valence-electron chi connectivity index (χ2n) is 5.86. The van der Waals surface area contributed by atoms with Crippen LogP contribution in [0.2, 0.25) is 0 Å². The van der Waals surface area contributed by atoms with E-state index in [9.17, 15) is 9.90 Å². The maximum atomic E-state index is 12.4. The van der Waals surface area contributed by atoms with Gasteiger partial charge in [0.05, 0.1) is 6.61 Å². The van der Waals surface area contributed by atoms with E-state index in [0.29, 0.717) is 19.5 Å². The highest BCUT2D eigenvalue weighted by Crippen LogP contribution is 2.10. The van der Waals surface area contributed by atoms with Crippen LogP contribution in [0.15, 0.2) is 54.6 Å². The number of aryl methyl sites for hydroxylation is 2. The van der Waals surface area contributed by atoms with Crippen molar-refractivity contribution in [3.05, 3.63) is 71.3 Å². The number of aliphatic hydroxyl groups excluding tert-OH is 1. The van der Waals surface area contributed by atoms with Gasteiger partial charge >= 0.3 is 0 Å². The Morgan fingerprint density at radius 3 is 2.35 bits per heavy atom. The second-order valence-corrected chi connectivity index (χ2v) is 5.86. The van der Waals surface area contributed by atoms with Crippen molar-refractivity contribution in [2.75, 3.05) is 13.2 Å². The van der Waals surface area contributed by atoms with Crippen LogP contribution in [0.1, 0.15) is 29.5 Å². The molecule has 2 aromatic carbocycles. The first kappa shape index (κ1) is 17.2. The fraction of sp³-hybridized carbons (Fsp3) is 0.350. The highest BCUT2D eigenvalue weighted by atomic mass is 16.3. The number of carbonyl (C=O) groups excluding carboxylic acids is 1. The molecule has 122 valence electrons. The zero-order valence-corrected chi connectivity index (χ0v) is 13.7. The van der Waals surface area contributed by atoms with Crippen LogP contribution >= 0.6 is 0 Å². The molecule has 1 amide bonds. The molecule has 0 fully saturated rings. The Labute approximate surface area is 138 Å². The average molecular weight is 311 g/mol. The molecule has 0 spiro atoms. The van der Waals surface area contributed by atoms with Crippen LogP contribution < -0.4 is 0 Å². The van der Waals surface area contributed by atoms with Crippen LogP contribution in [0.25, 0.3) is 0 Å². The molecule has 0 saturated carbocycles. The van der Waals surface area contributed by atoms with Gasteiger partial charge in [0.1, 0.15) is 0 Å². The highest BCUT2D eigenvalue weighted by Gasteiger charge is 2.13. The minimum absolute atomic E-state index is 0.00344. The molecule has 23 heavy (non-hydrogen) atoms. The van der Waals surface area contributed by atoms with Crippen molar-refractivity contribution in [1.82, 2.24) is 4.90 Å². The first-order chi connectivity index (χ1) is 11.2. The van der Waals surface area contributed by atoms with Gasteiger partial charge in [0.15, 0.2) is 0 Å². The SMILES string of the molecule is Cc1ccc(CCCC(=O)N(CCO)Cc2ccccc2)cc1. The zero-order chi connectivity index (χ0) is 16.5. The predicted octanol–water partition coefficient (Wildman–Crippen LogP) is 3.34. The molecule has 1 N–H and O–H groups in total. The van der Waals surface area contributed by atoms with Crippen LogP contribution in [0.5, 0.6) is 0 Å². The summed E-state index contributed by atoms with van der Waals surface area (Å²) in [5.74, 6) is 0.106. The normalized spacial score (nSPS) is 10.5. The number of amides is 1. The maximum absolute atomic E-state index is 12.4. The summed E-state index contributed by atoms with van der Waals surface area (Å²) in [5, 5.41) is 9.20. The van der Waals surface area contributed by atoms with Crippen LogP contribution in [-0.4, -0.2) is 29.1 Å². The topological polar surface area (TPSA) is 40.5 Å². The molecule has 2 rings (SSSR count). The lowest BCUT2D eigenvalue weighted by Crippen LogP contribution is -2.33. The van der Waals surface area contributed by atoms with Crippen LogP contribution in [0.4, 0.5) is 0 Å². The summed E-state index contributed by atoms with van der Waals surface area (Å²) >= 11 is 0. The Hall–Kier alpha value is -2.13. The third-order valence-corrected chi connectivity index (χ3v) is 3.92. The van der Waals surface area contributed by atoms with Gasteiger partial charge in [-0.1, -0.05) is 60.2 Å². The van der Waals surface area contributed by atoms with E-state index in [4.69, 9.17) is 0 Å². The molecule has 0 radical (unpaired) electrons. The number of aliphatic hydroxyl groups is 1. The number of carbonyl (C=O) groups is 1. The van der Waals surface area contributed by atoms with E-state index < -0.39 is 0 Å². The molecule has 3 nitrogen and oxygen atoms in total. The fourth-order valence-electron chi connectivity index (χ4n) is 2.57. The van der Waals surface area contributed by atoms with Gasteiger partial charge in [-0.05, 0) is 30.9 Å².